The highest BCUT2D eigenvalue weighted by Gasteiger charge is 2.76. The highest BCUT2D eigenvalue weighted by Crippen LogP contribution is 2.65. The van der Waals surface area contributed by atoms with E-state index in [4.69, 9.17) is 27.6 Å². The standard InChI is InChI=1S/C26H20Br2Cl2N2O6/c27-11-31-23(36)25(29)9-17-15(20(26(25,30)24(31)37)18-8-5-14(10-33)38-18)6-7-16-19(17)22(35)32(21(16)34)13-3-1-12(28)2-4-13/h1-6,8,16-17,19-20,33H,7,9-11H2. The molecule has 3 heterocycles. The van der Waals surface area contributed by atoms with E-state index in [1.54, 1.807) is 36.4 Å². The molecule has 0 spiro atoms. The number of likely N-dealkylation sites (tertiary alicyclic amines) is 1. The number of alkyl halides is 3. The summed E-state index contributed by atoms with van der Waals surface area (Å²) in [4.78, 5) is 53.0. The zero-order chi connectivity index (χ0) is 27.1. The van der Waals surface area contributed by atoms with Crippen LogP contribution in [0.15, 0.2) is 56.9 Å². The highest BCUT2D eigenvalue weighted by molar-refractivity contribution is 9.10. The number of furan rings is 1. The minimum absolute atomic E-state index is 0.101. The first-order valence-electron chi connectivity index (χ1n) is 11.9. The van der Waals surface area contributed by atoms with Crippen molar-refractivity contribution in [1.29, 1.82) is 0 Å². The van der Waals surface area contributed by atoms with Crippen LogP contribution in [0.4, 0.5) is 5.69 Å². The van der Waals surface area contributed by atoms with Crippen LogP contribution < -0.4 is 4.90 Å². The number of carbonyl (C=O) groups excluding carboxylic acids is 4. The fourth-order valence-corrected chi connectivity index (χ4v) is 8.22. The van der Waals surface area contributed by atoms with E-state index in [1.165, 1.54) is 4.90 Å². The number of aliphatic hydroxyl groups is 1. The Balaban J connectivity index is 1.50. The number of hydrogen-bond donors (Lipinski definition) is 1. The first-order chi connectivity index (χ1) is 18.1. The summed E-state index contributed by atoms with van der Waals surface area (Å²) >= 11 is 20.8. The number of nitrogens with zero attached hydrogens (tertiary/aromatic N) is 2. The third kappa shape index (κ3) is 3.30. The highest BCUT2D eigenvalue weighted by atomic mass is 79.9. The minimum Gasteiger partial charge on any atom is -0.463 e. The Morgan fingerprint density at radius 1 is 1.00 bits per heavy atom. The largest absolute Gasteiger partial charge is 0.463 e. The second kappa shape index (κ2) is 9.02. The van der Waals surface area contributed by atoms with Crippen LogP contribution in [0.5, 0.6) is 0 Å². The molecule has 0 bridgehead atoms. The van der Waals surface area contributed by atoms with E-state index in [-0.39, 0.29) is 48.2 Å². The van der Waals surface area contributed by atoms with Gasteiger partial charge in [-0.25, -0.2) is 0 Å². The van der Waals surface area contributed by atoms with E-state index in [1.807, 2.05) is 6.08 Å². The number of allylic oxidation sites excluding steroid dienone is 2. The molecule has 1 aromatic carbocycles. The van der Waals surface area contributed by atoms with Crippen LogP contribution in [-0.2, 0) is 25.8 Å². The lowest BCUT2D eigenvalue weighted by atomic mass is 9.57. The summed E-state index contributed by atoms with van der Waals surface area (Å²) in [7, 11) is 0. The number of hydrogen-bond acceptors (Lipinski definition) is 6. The van der Waals surface area contributed by atoms with Crippen molar-refractivity contribution in [3.8, 4) is 0 Å². The van der Waals surface area contributed by atoms with Gasteiger partial charge in [0.2, 0.25) is 11.8 Å². The van der Waals surface area contributed by atoms with Crippen molar-refractivity contribution in [1.82, 2.24) is 4.90 Å². The maximum absolute atomic E-state index is 13.9. The average Bonchev–Trinajstić information content (AvgIpc) is 3.51. The van der Waals surface area contributed by atoms with Gasteiger partial charge in [0.25, 0.3) is 11.8 Å². The predicted molar refractivity (Wildman–Crippen MR) is 145 cm³/mol. The lowest BCUT2D eigenvalue weighted by Gasteiger charge is -2.49. The molecule has 6 rings (SSSR count). The number of anilines is 1. The summed E-state index contributed by atoms with van der Waals surface area (Å²) in [6.45, 7) is -0.378. The molecule has 6 unspecified atom stereocenters. The number of benzene rings is 1. The summed E-state index contributed by atoms with van der Waals surface area (Å²) < 4.78 is 6.67. The van der Waals surface area contributed by atoms with Crippen LogP contribution in [-0.4, -0.2) is 48.8 Å². The Morgan fingerprint density at radius 2 is 1.71 bits per heavy atom. The average molecular weight is 687 g/mol. The minimum atomic E-state index is -1.93. The molecular weight excluding hydrogens is 667 g/mol. The number of halogens is 4. The van der Waals surface area contributed by atoms with Crippen molar-refractivity contribution in [2.75, 3.05) is 10.4 Å². The summed E-state index contributed by atoms with van der Waals surface area (Å²) in [6.07, 6.45) is 1.99. The Morgan fingerprint density at radius 3 is 2.34 bits per heavy atom. The number of fused-ring (bicyclic) bond motifs is 4. The van der Waals surface area contributed by atoms with Crippen molar-refractivity contribution >= 4 is 84.4 Å². The fraction of sp³-hybridized carbons (Fsp3) is 0.385. The number of imide groups is 2. The number of amides is 4. The molecule has 1 saturated carbocycles. The summed E-state index contributed by atoms with van der Waals surface area (Å²) in [5.74, 6) is -4.62. The lowest BCUT2D eigenvalue weighted by molar-refractivity contribution is -0.138. The smallest absolute Gasteiger partial charge is 0.254 e. The normalized spacial score (nSPS) is 34.4. The molecule has 2 aliphatic heterocycles. The van der Waals surface area contributed by atoms with Crippen LogP contribution in [0.3, 0.4) is 0 Å². The molecule has 12 heteroatoms. The zero-order valence-electron chi connectivity index (χ0n) is 19.6. The molecule has 2 aliphatic carbocycles. The van der Waals surface area contributed by atoms with Gasteiger partial charge in [-0.1, -0.05) is 43.5 Å². The van der Waals surface area contributed by atoms with Gasteiger partial charge in [0, 0.05) is 4.47 Å². The maximum atomic E-state index is 13.9. The zero-order valence-corrected chi connectivity index (χ0v) is 24.3. The number of carbonyl (C=O) groups is 4. The first-order valence-corrected chi connectivity index (χ1v) is 14.6. The summed E-state index contributed by atoms with van der Waals surface area (Å²) in [5, 5.41) is 9.61. The van der Waals surface area contributed by atoms with Crippen molar-refractivity contribution < 1.29 is 28.7 Å². The molecule has 1 aromatic heterocycles. The van der Waals surface area contributed by atoms with Gasteiger partial charge in [-0.2, -0.15) is 0 Å². The van der Waals surface area contributed by atoms with E-state index in [0.717, 1.165) is 9.37 Å². The molecule has 6 atom stereocenters. The number of aliphatic hydroxyl groups excluding tert-OH is 1. The van der Waals surface area contributed by atoms with E-state index in [9.17, 15) is 24.3 Å². The molecule has 1 N–H and O–H groups in total. The van der Waals surface area contributed by atoms with Crippen LogP contribution in [0, 0.1) is 17.8 Å². The van der Waals surface area contributed by atoms with Crippen molar-refractivity contribution in [2.24, 2.45) is 17.8 Å². The van der Waals surface area contributed by atoms with E-state index in [0.29, 0.717) is 11.3 Å². The van der Waals surface area contributed by atoms with Gasteiger partial charge in [-0.15, -0.1) is 23.2 Å². The van der Waals surface area contributed by atoms with Gasteiger partial charge in [-0.05, 0) is 55.2 Å². The van der Waals surface area contributed by atoms with Crippen LogP contribution >= 0.6 is 55.1 Å². The Bertz CT molecular complexity index is 1430. The van der Waals surface area contributed by atoms with E-state index < -0.39 is 45.2 Å². The summed E-state index contributed by atoms with van der Waals surface area (Å²) in [5.41, 5.74) is 0.980. The van der Waals surface area contributed by atoms with E-state index in [2.05, 4.69) is 31.9 Å². The Labute approximate surface area is 244 Å². The third-order valence-electron chi connectivity index (χ3n) is 8.22. The number of rotatable bonds is 4. The molecule has 2 aromatic rings. The van der Waals surface area contributed by atoms with Gasteiger partial charge in [0.05, 0.1) is 28.9 Å². The molecule has 0 radical (unpaired) electrons. The van der Waals surface area contributed by atoms with Crippen molar-refractivity contribution in [3.63, 3.8) is 0 Å². The van der Waals surface area contributed by atoms with Gasteiger partial charge < -0.3 is 9.52 Å². The molecule has 3 fully saturated rings. The van der Waals surface area contributed by atoms with Gasteiger partial charge in [-0.3, -0.25) is 29.0 Å². The molecule has 38 heavy (non-hydrogen) atoms. The van der Waals surface area contributed by atoms with E-state index >= 15 is 0 Å². The Hall–Kier alpha value is -1.98. The second-order valence-corrected chi connectivity index (χ2v) is 12.6. The third-order valence-corrected chi connectivity index (χ3v) is 10.7. The SMILES string of the molecule is O=C1C2CC=C3C(CC4(Cl)C(=O)N(CBr)C(=O)C4(Cl)C3c3ccc(CO)o3)C2C(=O)N1c1ccc(Br)cc1. The molecule has 2 saturated heterocycles. The lowest BCUT2D eigenvalue weighted by Crippen LogP contribution is -2.60. The van der Waals surface area contributed by atoms with Crippen LogP contribution in [0.1, 0.15) is 30.3 Å². The monoisotopic (exact) mass is 684 g/mol. The van der Waals surface area contributed by atoms with Gasteiger partial charge in [0.15, 0.2) is 9.75 Å². The van der Waals surface area contributed by atoms with Crippen molar-refractivity contribution in [3.05, 3.63) is 64.0 Å². The molecule has 198 valence electrons. The summed E-state index contributed by atoms with van der Waals surface area (Å²) in [6, 6.07) is 10.0. The predicted octanol–water partition coefficient (Wildman–Crippen LogP) is 4.45. The second-order valence-electron chi connectivity index (χ2n) is 9.94. The maximum Gasteiger partial charge on any atom is 0.254 e. The molecule has 4 amide bonds. The first kappa shape index (κ1) is 26.3. The van der Waals surface area contributed by atoms with Gasteiger partial charge >= 0.3 is 0 Å². The van der Waals surface area contributed by atoms with Gasteiger partial charge in [0.1, 0.15) is 18.1 Å². The molecular formula is C26H20Br2Cl2N2O6. The molecule has 4 aliphatic rings. The Kier molecular flexibility index (Phi) is 6.23. The van der Waals surface area contributed by atoms with Crippen molar-refractivity contribution in [2.45, 2.75) is 35.1 Å². The quantitative estimate of drug-likeness (QED) is 0.221. The topological polar surface area (TPSA) is 108 Å². The van der Waals surface area contributed by atoms with Crippen LogP contribution in [0.2, 0.25) is 0 Å². The molecule has 8 nitrogen and oxygen atoms in total. The van der Waals surface area contributed by atoms with Crippen LogP contribution in [0.25, 0.3) is 0 Å². The fourth-order valence-electron chi connectivity index (χ4n) is 6.54.